The molecule has 2 nitrogen and oxygen atoms in total. The number of thioether (sulfide) groups is 1. The summed E-state index contributed by atoms with van der Waals surface area (Å²) in [5, 5.41) is 3.43. The lowest BCUT2D eigenvalue weighted by atomic mass is 10.1. The molecule has 0 aromatic rings. The summed E-state index contributed by atoms with van der Waals surface area (Å²) in [5.41, 5.74) is 0. The minimum Gasteiger partial charge on any atom is -0.316 e. The third-order valence-corrected chi connectivity index (χ3v) is 4.34. The Balaban J connectivity index is 1.86. The van der Waals surface area contributed by atoms with Gasteiger partial charge in [-0.25, -0.2) is 0 Å². The van der Waals surface area contributed by atoms with E-state index in [4.69, 9.17) is 0 Å². The fourth-order valence-electron chi connectivity index (χ4n) is 1.45. The van der Waals surface area contributed by atoms with Crippen LogP contribution in [-0.2, 0) is 10.8 Å². The smallest absolute Gasteiger partial charge is 0.0244 e. The first-order chi connectivity index (χ1) is 6.29. The molecule has 0 aromatic carbocycles. The van der Waals surface area contributed by atoms with E-state index in [1.54, 1.807) is 6.26 Å². The number of hydrogen-bond acceptors (Lipinski definition) is 3. The maximum Gasteiger partial charge on any atom is 0.0244 e. The first-order valence-corrected chi connectivity index (χ1v) is 7.75. The minimum absolute atomic E-state index is 0.615. The van der Waals surface area contributed by atoms with Gasteiger partial charge in [0.15, 0.2) is 0 Å². The van der Waals surface area contributed by atoms with Crippen LogP contribution in [0.15, 0.2) is 0 Å². The van der Waals surface area contributed by atoms with Crippen molar-refractivity contribution in [1.29, 1.82) is 0 Å². The van der Waals surface area contributed by atoms with Crippen LogP contribution in [0.5, 0.6) is 0 Å². The minimum atomic E-state index is -0.615. The molecule has 2 atom stereocenters. The van der Waals surface area contributed by atoms with Crippen molar-refractivity contribution in [1.82, 2.24) is 5.32 Å². The molecular weight excluding hydrogens is 202 g/mol. The summed E-state index contributed by atoms with van der Waals surface area (Å²) in [6.07, 6.45) is 4.19. The molecule has 4 heteroatoms. The van der Waals surface area contributed by atoms with Crippen LogP contribution in [0.2, 0.25) is 0 Å². The van der Waals surface area contributed by atoms with Gasteiger partial charge in [0.25, 0.3) is 0 Å². The molecule has 1 N–H and O–H groups in total. The Morgan fingerprint density at radius 3 is 3.08 bits per heavy atom. The average Bonchev–Trinajstić information content (AvgIpc) is 2.55. The molecular formula is C9H19NOS2. The van der Waals surface area contributed by atoms with E-state index in [-0.39, 0.29) is 0 Å². The Kier molecular flexibility index (Phi) is 6.07. The predicted molar refractivity (Wildman–Crippen MR) is 61.9 cm³/mol. The molecule has 78 valence electrons. The lowest BCUT2D eigenvalue weighted by Crippen LogP contribution is -2.24. The number of nitrogens with one attached hydrogen (secondary N) is 1. The zero-order valence-corrected chi connectivity index (χ0v) is 9.88. The standard InChI is InChI=1S/C9H19NOS2/c1-13(11)6-2-4-10-7-9-3-5-12-8-9/h9-10H,2-8H2,1H3. The molecule has 0 bridgehead atoms. The van der Waals surface area contributed by atoms with Crippen LogP contribution in [0.4, 0.5) is 0 Å². The molecule has 1 saturated heterocycles. The second-order valence-electron chi connectivity index (χ2n) is 3.56. The monoisotopic (exact) mass is 221 g/mol. The Morgan fingerprint density at radius 2 is 2.46 bits per heavy atom. The Morgan fingerprint density at radius 1 is 1.62 bits per heavy atom. The molecule has 1 heterocycles. The van der Waals surface area contributed by atoms with Gasteiger partial charge in [-0.05, 0) is 43.4 Å². The van der Waals surface area contributed by atoms with E-state index in [2.05, 4.69) is 17.1 Å². The van der Waals surface area contributed by atoms with Gasteiger partial charge in [-0.15, -0.1) is 0 Å². The van der Waals surface area contributed by atoms with Gasteiger partial charge in [0.05, 0.1) is 0 Å². The summed E-state index contributed by atoms with van der Waals surface area (Å²) in [6.45, 7) is 2.18. The van der Waals surface area contributed by atoms with Gasteiger partial charge in [-0.1, -0.05) is 0 Å². The summed E-state index contributed by atoms with van der Waals surface area (Å²) in [6, 6.07) is 0. The highest BCUT2D eigenvalue weighted by Crippen LogP contribution is 2.22. The van der Waals surface area contributed by atoms with Gasteiger partial charge >= 0.3 is 0 Å². The van der Waals surface area contributed by atoms with Crippen LogP contribution < -0.4 is 5.32 Å². The molecule has 0 aromatic heterocycles. The summed E-state index contributed by atoms with van der Waals surface area (Å²) in [7, 11) is -0.615. The highest BCUT2D eigenvalue weighted by Gasteiger charge is 2.14. The van der Waals surface area contributed by atoms with Crippen molar-refractivity contribution < 1.29 is 4.21 Å². The number of rotatable bonds is 6. The second kappa shape index (κ2) is 6.85. The zero-order valence-electron chi connectivity index (χ0n) is 8.25. The Labute approximate surface area is 87.7 Å². The lowest BCUT2D eigenvalue weighted by Gasteiger charge is -2.08. The van der Waals surface area contributed by atoms with Crippen molar-refractivity contribution in [3.63, 3.8) is 0 Å². The maximum absolute atomic E-state index is 10.7. The molecule has 1 rings (SSSR count). The topological polar surface area (TPSA) is 29.1 Å². The fraction of sp³-hybridized carbons (Fsp3) is 1.00. The van der Waals surface area contributed by atoms with Crippen molar-refractivity contribution in [2.24, 2.45) is 5.92 Å². The largest absolute Gasteiger partial charge is 0.316 e. The average molecular weight is 221 g/mol. The van der Waals surface area contributed by atoms with Gasteiger partial charge in [0.1, 0.15) is 0 Å². The van der Waals surface area contributed by atoms with E-state index >= 15 is 0 Å². The molecule has 0 aliphatic carbocycles. The quantitative estimate of drug-likeness (QED) is 0.681. The summed E-state index contributed by atoms with van der Waals surface area (Å²) < 4.78 is 10.7. The van der Waals surface area contributed by atoms with Crippen LogP contribution in [0.25, 0.3) is 0 Å². The van der Waals surface area contributed by atoms with Crippen molar-refractivity contribution in [2.75, 3.05) is 36.6 Å². The first-order valence-electron chi connectivity index (χ1n) is 4.87. The fourth-order valence-corrected chi connectivity index (χ4v) is 3.29. The second-order valence-corrected chi connectivity index (χ2v) is 6.27. The molecule has 0 saturated carbocycles. The SMILES string of the molecule is CS(=O)CCCNCC1CCSC1. The van der Waals surface area contributed by atoms with Crippen molar-refractivity contribution in [3.05, 3.63) is 0 Å². The van der Waals surface area contributed by atoms with E-state index in [1.807, 2.05) is 0 Å². The van der Waals surface area contributed by atoms with E-state index in [9.17, 15) is 4.21 Å². The first kappa shape index (κ1) is 11.5. The Bertz CT molecular complexity index is 158. The summed E-state index contributed by atoms with van der Waals surface area (Å²) >= 11 is 2.06. The highest BCUT2D eigenvalue weighted by molar-refractivity contribution is 7.99. The molecule has 2 unspecified atom stereocenters. The Hall–Kier alpha value is 0.460. The lowest BCUT2D eigenvalue weighted by molar-refractivity contribution is 0.523. The molecule has 1 fully saturated rings. The molecule has 13 heavy (non-hydrogen) atoms. The van der Waals surface area contributed by atoms with Crippen LogP contribution in [-0.4, -0.2) is 40.8 Å². The van der Waals surface area contributed by atoms with Crippen molar-refractivity contribution in [3.8, 4) is 0 Å². The van der Waals surface area contributed by atoms with E-state index in [1.165, 1.54) is 17.9 Å². The maximum atomic E-state index is 10.7. The zero-order chi connectivity index (χ0) is 9.52. The van der Waals surface area contributed by atoms with Crippen molar-refractivity contribution >= 4 is 22.6 Å². The van der Waals surface area contributed by atoms with Gasteiger partial charge in [-0.3, -0.25) is 4.21 Å². The van der Waals surface area contributed by atoms with Crippen LogP contribution in [0.1, 0.15) is 12.8 Å². The third kappa shape index (κ3) is 5.70. The molecule has 1 aliphatic heterocycles. The van der Waals surface area contributed by atoms with Crippen LogP contribution >= 0.6 is 11.8 Å². The van der Waals surface area contributed by atoms with Gasteiger partial charge < -0.3 is 5.32 Å². The van der Waals surface area contributed by atoms with Gasteiger partial charge in [0.2, 0.25) is 0 Å². The van der Waals surface area contributed by atoms with E-state index < -0.39 is 10.8 Å². The summed E-state index contributed by atoms with van der Waals surface area (Å²) in [4.78, 5) is 0. The molecule has 0 radical (unpaired) electrons. The molecule has 0 amide bonds. The van der Waals surface area contributed by atoms with Gasteiger partial charge in [0, 0.05) is 22.8 Å². The molecule has 1 aliphatic rings. The van der Waals surface area contributed by atoms with Crippen molar-refractivity contribution in [2.45, 2.75) is 12.8 Å². The highest BCUT2D eigenvalue weighted by atomic mass is 32.2. The van der Waals surface area contributed by atoms with Gasteiger partial charge in [-0.2, -0.15) is 11.8 Å². The third-order valence-electron chi connectivity index (χ3n) is 2.24. The normalized spacial score (nSPS) is 24.8. The van der Waals surface area contributed by atoms with E-state index in [0.717, 1.165) is 31.2 Å². The van der Waals surface area contributed by atoms with E-state index in [0.29, 0.717) is 0 Å². The molecule has 0 spiro atoms. The summed E-state index contributed by atoms with van der Waals surface area (Å²) in [5.74, 6) is 4.39. The van der Waals surface area contributed by atoms with Crippen LogP contribution in [0, 0.1) is 5.92 Å². The van der Waals surface area contributed by atoms with Crippen LogP contribution in [0.3, 0.4) is 0 Å². The predicted octanol–water partition coefficient (Wildman–Crippen LogP) is 1.10. The number of hydrogen-bond donors (Lipinski definition) is 1.